The average Bonchev–Trinajstić information content (AvgIpc) is 3.15. The number of aliphatic hydroxyl groups is 4. The van der Waals surface area contributed by atoms with Crippen LogP contribution in [-0.4, -0.2) is 116 Å². The Hall–Kier alpha value is -0.990. The van der Waals surface area contributed by atoms with E-state index in [0.717, 1.165) is 44.0 Å². The van der Waals surface area contributed by atoms with Crippen molar-refractivity contribution in [2.24, 2.45) is 11.7 Å². The van der Waals surface area contributed by atoms with Crippen LogP contribution in [0, 0.1) is 5.92 Å². The number of carbonyl (C=O) groups excluding carboxylic acids is 1. The van der Waals surface area contributed by atoms with Gasteiger partial charge in [-0.15, -0.1) is 11.8 Å². The summed E-state index contributed by atoms with van der Waals surface area (Å²) in [5.74, 6) is -1.23. The Kier molecular flexibility index (Phi) is 11.5. The highest BCUT2D eigenvalue weighted by atomic mass is 32.2. The second kappa shape index (κ2) is 13.4. The number of rotatable bonds is 12. The molecule has 2 rings (SSSR count). The number of likely N-dealkylation sites (tertiary alicyclic amines) is 1. The molecule has 2 heterocycles. The highest BCUT2D eigenvalue weighted by Crippen LogP contribution is 2.32. The summed E-state index contributed by atoms with van der Waals surface area (Å²) in [5, 5.41) is 53.4. The molecule has 8 N–H and O–H groups in total. The minimum absolute atomic E-state index is 0.107. The van der Waals surface area contributed by atoms with Crippen LogP contribution < -0.4 is 11.1 Å². The SMILES string of the molecule is CCCCC[C@@H]1C[C@@H](C(=O)N[C@@H]([C@H]2O[C@H](SC[C@H](N)C(=O)O)[C@H](O)[C@@H](O)[C@H]2O)[C@@H](C)O)N(C)C1. The fourth-order valence-electron chi connectivity index (χ4n) is 4.62. The molecule has 0 aromatic carbocycles. The lowest BCUT2D eigenvalue weighted by Gasteiger charge is -2.44. The van der Waals surface area contributed by atoms with Crippen molar-refractivity contribution in [3.05, 3.63) is 0 Å². The van der Waals surface area contributed by atoms with Crippen LogP contribution in [0.3, 0.4) is 0 Å². The molecule has 1 amide bonds. The molecule has 0 spiro atoms. The van der Waals surface area contributed by atoms with Crippen LogP contribution in [-0.2, 0) is 14.3 Å². The van der Waals surface area contributed by atoms with Crippen molar-refractivity contribution in [3.8, 4) is 0 Å². The molecule has 0 aliphatic carbocycles. The third-order valence-corrected chi connectivity index (χ3v) is 7.97. The van der Waals surface area contributed by atoms with E-state index in [2.05, 4.69) is 12.2 Å². The number of aliphatic hydroxyl groups excluding tert-OH is 4. The van der Waals surface area contributed by atoms with Crippen LogP contribution in [0.4, 0.5) is 0 Å². The van der Waals surface area contributed by atoms with E-state index in [-0.39, 0.29) is 17.7 Å². The van der Waals surface area contributed by atoms with Crippen LogP contribution in [0.2, 0.25) is 0 Å². The van der Waals surface area contributed by atoms with E-state index >= 15 is 0 Å². The maximum Gasteiger partial charge on any atom is 0.321 e. The van der Waals surface area contributed by atoms with Gasteiger partial charge in [0.1, 0.15) is 35.9 Å². The quantitative estimate of drug-likeness (QED) is 0.156. The zero-order valence-corrected chi connectivity index (χ0v) is 20.9. The number of carboxylic acid groups (broad SMARTS) is 1. The number of carboxylic acids is 1. The molecule has 2 saturated heterocycles. The van der Waals surface area contributed by atoms with E-state index in [0.29, 0.717) is 12.3 Å². The highest BCUT2D eigenvalue weighted by Gasteiger charge is 2.49. The number of thioether (sulfide) groups is 1. The van der Waals surface area contributed by atoms with E-state index < -0.39 is 54.0 Å². The van der Waals surface area contributed by atoms with Gasteiger partial charge in [-0.3, -0.25) is 14.5 Å². The van der Waals surface area contributed by atoms with Crippen molar-refractivity contribution in [2.75, 3.05) is 19.3 Å². The van der Waals surface area contributed by atoms with Crippen molar-refractivity contribution in [1.29, 1.82) is 0 Å². The standard InChI is InChI=1S/C22H41N3O8S/c1-4-5-6-7-12-8-14(25(3)9-12)20(30)24-15(11(2)26)19-17(28)16(27)18(29)22(33-19)34-10-13(23)21(31)32/h11-19,22,26-29H,4-10,23H2,1-3H3,(H,24,30)(H,31,32)/t11-,12-,13+,14+,15-,16+,17-,18-,19-,22-/m1/s1. The maximum absolute atomic E-state index is 13.1. The van der Waals surface area contributed by atoms with E-state index in [1.165, 1.54) is 6.92 Å². The summed E-state index contributed by atoms with van der Waals surface area (Å²) < 4.78 is 5.78. The van der Waals surface area contributed by atoms with Gasteiger partial charge in [0.25, 0.3) is 0 Å². The molecule has 11 nitrogen and oxygen atoms in total. The van der Waals surface area contributed by atoms with Crippen LogP contribution in [0.25, 0.3) is 0 Å². The number of amides is 1. The zero-order chi connectivity index (χ0) is 25.6. The molecular weight excluding hydrogens is 466 g/mol. The normalized spacial score (nSPS) is 35.0. The summed E-state index contributed by atoms with van der Waals surface area (Å²) in [4.78, 5) is 26.1. The van der Waals surface area contributed by atoms with Crippen LogP contribution in [0.1, 0.15) is 46.0 Å². The third kappa shape index (κ3) is 7.50. The van der Waals surface area contributed by atoms with Crippen molar-refractivity contribution >= 4 is 23.6 Å². The molecule has 0 saturated carbocycles. The Balaban J connectivity index is 2.06. The van der Waals surface area contributed by atoms with Gasteiger partial charge >= 0.3 is 5.97 Å². The number of hydrogen-bond acceptors (Lipinski definition) is 10. The van der Waals surface area contributed by atoms with E-state index in [1.807, 2.05) is 11.9 Å². The lowest BCUT2D eigenvalue weighted by Crippen LogP contribution is -2.65. The monoisotopic (exact) mass is 507 g/mol. The maximum atomic E-state index is 13.1. The number of hydrogen-bond donors (Lipinski definition) is 7. The number of nitrogens with zero attached hydrogens (tertiary/aromatic N) is 1. The predicted molar refractivity (Wildman–Crippen MR) is 127 cm³/mol. The fourth-order valence-corrected chi connectivity index (χ4v) is 5.72. The summed E-state index contributed by atoms with van der Waals surface area (Å²) in [6.45, 7) is 4.39. The third-order valence-electron chi connectivity index (χ3n) is 6.70. The van der Waals surface area contributed by atoms with Crippen molar-refractivity contribution in [1.82, 2.24) is 10.2 Å². The molecule has 2 fully saturated rings. The van der Waals surface area contributed by atoms with Crippen molar-refractivity contribution in [3.63, 3.8) is 0 Å². The van der Waals surface area contributed by atoms with E-state index in [4.69, 9.17) is 15.6 Å². The Bertz CT molecular complexity index is 672. The summed E-state index contributed by atoms with van der Waals surface area (Å²) in [6, 6.07) is -2.66. The molecule has 0 radical (unpaired) electrons. The van der Waals surface area contributed by atoms with Crippen molar-refractivity contribution in [2.45, 2.75) is 100 Å². The highest BCUT2D eigenvalue weighted by molar-refractivity contribution is 7.99. The molecule has 2 aliphatic heterocycles. The largest absolute Gasteiger partial charge is 0.480 e. The average molecular weight is 508 g/mol. The Morgan fingerprint density at radius 1 is 1.21 bits per heavy atom. The van der Waals surface area contributed by atoms with Gasteiger partial charge in [0.05, 0.1) is 18.2 Å². The number of ether oxygens (including phenoxy) is 1. The topological polar surface area (TPSA) is 186 Å². The first-order valence-electron chi connectivity index (χ1n) is 12.0. The molecule has 10 atom stereocenters. The number of aliphatic carboxylic acids is 1. The Morgan fingerprint density at radius 3 is 2.47 bits per heavy atom. The van der Waals surface area contributed by atoms with Gasteiger partial charge in [-0.05, 0) is 32.7 Å². The molecule has 198 valence electrons. The minimum Gasteiger partial charge on any atom is -0.480 e. The lowest BCUT2D eigenvalue weighted by atomic mass is 9.91. The number of nitrogens with one attached hydrogen (secondary N) is 1. The van der Waals surface area contributed by atoms with E-state index in [1.54, 1.807) is 0 Å². The zero-order valence-electron chi connectivity index (χ0n) is 20.1. The molecule has 0 aromatic rings. The van der Waals surface area contributed by atoms with Gasteiger partial charge in [0.2, 0.25) is 5.91 Å². The summed E-state index contributed by atoms with van der Waals surface area (Å²) in [6.07, 6.45) is -1.92. The molecular formula is C22H41N3O8S. The first-order chi connectivity index (χ1) is 16.0. The molecule has 12 heteroatoms. The predicted octanol–water partition coefficient (Wildman–Crippen LogP) is -1.29. The first kappa shape index (κ1) is 29.2. The first-order valence-corrected chi connectivity index (χ1v) is 13.0. The number of carbonyl (C=O) groups is 2. The summed E-state index contributed by atoms with van der Waals surface area (Å²) >= 11 is 0.883. The fraction of sp³-hybridized carbons (Fsp3) is 0.909. The van der Waals surface area contributed by atoms with Gasteiger partial charge in [-0.1, -0.05) is 26.2 Å². The van der Waals surface area contributed by atoms with Crippen LogP contribution >= 0.6 is 11.8 Å². The number of likely N-dealkylation sites (N-methyl/N-ethyl adjacent to an activating group) is 1. The van der Waals surface area contributed by atoms with Crippen LogP contribution in [0.5, 0.6) is 0 Å². The molecule has 34 heavy (non-hydrogen) atoms. The summed E-state index contributed by atoms with van der Waals surface area (Å²) in [7, 11) is 1.88. The smallest absolute Gasteiger partial charge is 0.321 e. The molecule has 2 aliphatic rings. The van der Waals surface area contributed by atoms with Crippen LogP contribution in [0.15, 0.2) is 0 Å². The summed E-state index contributed by atoms with van der Waals surface area (Å²) in [5.41, 5.74) is 4.40. The molecule has 0 bridgehead atoms. The van der Waals surface area contributed by atoms with Crippen molar-refractivity contribution < 1.29 is 39.9 Å². The van der Waals surface area contributed by atoms with Gasteiger partial charge in [0.15, 0.2) is 0 Å². The van der Waals surface area contributed by atoms with Gasteiger partial charge < -0.3 is 41.3 Å². The second-order valence-electron chi connectivity index (χ2n) is 9.55. The Labute approximate surface area is 205 Å². The number of nitrogens with two attached hydrogens (primary N) is 1. The minimum atomic E-state index is -1.62. The molecule has 0 aromatic heterocycles. The van der Waals surface area contributed by atoms with E-state index in [9.17, 15) is 30.0 Å². The number of unbranched alkanes of at least 4 members (excludes halogenated alkanes) is 2. The molecule has 0 unspecified atom stereocenters. The van der Waals surface area contributed by atoms with Gasteiger partial charge in [0, 0.05) is 12.3 Å². The second-order valence-corrected chi connectivity index (χ2v) is 10.7. The Morgan fingerprint density at radius 2 is 1.88 bits per heavy atom. The van der Waals surface area contributed by atoms with Gasteiger partial charge in [-0.2, -0.15) is 0 Å². The van der Waals surface area contributed by atoms with Gasteiger partial charge in [-0.25, -0.2) is 0 Å². The lowest BCUT2D eigenvalue weighted by molar-refractivity contribution is -0.211.